The van der Waals surface area contributed by atoms with Crippen molar-refractivity contribution in [2.75, 3.05) is 11.9 Å². The molecule has 0 aliphatic heterocycles. The molecule has 1 aromatic heterocycles. The Hall–Kier alpha value is -1.05. The molecule has 0 bridgehead atoms. The fraction of sp³-hybridized carbons (Fsp3) is 0.333. The van der Waals surface area contributed by atoms with Crippen LogP contribution in [0.5, 0.6) is 0 Å². The third kappa shape index (κ3) is 3.03. The van der Waals surface area contributed by atoms with Crippen LogP contribution in [-0.2, 0) is 0 Å². The molecule has 0 aliphatic carbocycles. The van der Waals surface area contributed by atoms with Gasteiger partial charge in [-0.05, 0) is 25.0 Å². The van der Waals surface area contributed by atoms with E-state index in [0.717, 1.165) is 12.2 Å². The Morgan fingerprint density at radius 2 is 2.55 bits per heavy atom. The zero-order valence-electron chi connectivity index (χ0n) is 6.75. The van der Waals surface area contributed by atoms with Crippen molar-refractivity contribution in [2.24, 2.45) is 5.92 Å². The van der Waals surface area contributed by atoms with Gasteiger partial charge in [-0.25, -0.2) is 0 Å². The summed E-state index contributed by atoms with van der Waals surface area (Å²) in [6, 6.07) is 3.91. The normalized spacial score (nSPS) is 10.1. The maximum atomic E-state index is 3.98. The number of hydrogen-bond donors (Lipinski definition) is 1. The molecule has 0 amide bonds. The van der Waals surface area contributed by atoms with Crippen molar-refractivity contribution in [3.8, 4) is 0 Å². The summed E-state index contributed by atoms with van der Waals surface area (Å²) < 4.78 is 0. The molecule has 1 rings (SSSR count). The van der Waals surface area contributed by atoms with Crippen LogP contribution >= 0.6 is 0 Å². The van der Waals surface area contributed by atoms with Gasteiger partial charge in [-0.15, -0.1) is 0 Å². The van der Waals surface area contributed by atoms with E-state index in [-0.39, 0.29) is 0 Å². The molecule has 0 saturated carbocycles. The lowest BCUT2D eigenvalue weighted by Gasteiger charge is -2.07. The standard InChI is InChI=1S/C9H13N2/c1-8(2)6-11-9-4-3-5-10-7-9/h3-5,7-8,11H,1,6H2,2H3. The summed E-state index contributed by atoms with van der Waals surface area (Å²) in [6.07, 6.45) is 3.57. The van der Waals surface area contributed by atoms with Crippen molar-refractivity contribution in [1.82, 2.24) is 4.98 Å². The minimum Gasteiger partial charge on any atom is -0.384 e. The average Bonchev–Trinajstić information content (AvgIpc) is 2.03. The molecule has 0 aromatic carbocycles. The topological polar surface area (TPSA) is 24.9 Å². The summed E-state index contributed by atoms with van der Waals surface area (Å²) in [5, 5.41) is 3.22. The third-order valence-corrected chi connectivity index (χ3v) is 1.32. The van der Waals surface area contributed by atoms with Gasteiger partial charge in [0.15, 0.2) is 0 Å². The second kappa shape index (κ2) is 3.96. The number of nitrogens with zero attached hydrogens (tertiary/aromatic N) is 1. The van der Waals surface area contributed by atoms with Crippen LogP contribution in [0.25, 0.3) is 0 Å². The first kappa shape index (κ1) is 8.05. The fourth-order valence-electron chi connectivity index (χ4n) is 0.759. The summed E-state index contributed by atoms with van der Waals surface area (Å²) in [5.74, 6) is 0.426. The van der Waals surface area contributed by atoms with Crippen LogP contribution in [0.15, 0.2) is 24.5 Å². The highest BCUT2D eigenvalue weighted by atomic mass is 14.9. The van der Waals surface area contributed by atoms with E-state index in [1.165, 1.54) is 0 Å². The zero-order valence-corrected chi connectivity index (χ0v) is 6.75. The molecule has 0 saturated heterocycles. The molecule has 59 valence electrons. The largest absolute Gasteiger partial charge is 0.384 e. The molecular weight excluding hydrogens is 136 g/mol. The smallest absolute Gasteiger partial charge is 0.0526 e. The van der Waals surface area contributed by atoms with E-state index in [9.17, 15) is 0 Å². The lowest BCUT2D eigenvalue weighted by atomic mass is 10.2. The first-order chi connectivity index (χ1) is 5.29. The van der Waals surface area contributed by atoms with Crippen LogP contribution in [0.4, 0.5) is 5.69 Å². The van der Waals surface area contributed by atoms with E-state index in [1.54, 1.807) is 6.20 Å². The predicted molar refractivity (Wildman–Crippen MR) is 47.2 cm³/mol. The van der Waals surface area contributed by atoms with Crippen molar-refractivity contribution in [1.29, 1.82) is 0 Å². The summed E-state index contributed by atoms with van der Waals surface area (Å²) in [7, 11) is 0. The number of anilines is 1. The second-order valence-electron chi connectivity index (χ2n) is 2.73. The number of rotatable bonds is 3. The van der Waals surface area contributed by atoms with Crippen LogP contribution in [0, 0.1) is 12.8 Å². The third-order valence-electron chi connectivity index (χ3n) is 1.32. The molecule has 1 N–H and O–H groups in total. The van der Waals surface area contributed by atoms with Gasteiger partial charge in [-0.3, -0.25) is 4.98 Å². The van der Waals surface area contributed by atoms with Gasteiger partial charge >= 0.3 is 0 Å². The first-order valence-electron chi connectivity index (χ1n) is 3.76. The summed E-state index contributed by atoms with van der Waals surface area (Å²) in [6.45, 7) is 6.84. The van der Waals surface area contributed by atoms with Gasteiger partial charge in [0.2, 0.25) is 0 Å². The quantitative estimate of drug-likeness (QED) is 0.710. The highest BCUT2D eigenvalue weighted by Crippen LogP contribution is 2.03. The first-order valence-corrected chi connectivity index (χ1v) is 3.76. The van der Waals surface area contributed by atoms with E-state index < -0.39 is 0 Å². The highest BCUT2D eigenvalue weighted by molar-refractivity contribution is 5.39. The van der Waals surface area contributed by atoms with Crippen molar-refractivity contribution in [3.63, 3.8) is 0 Å². The van der Waals surface area contributed by atoms with E-state index in [1.807, 2.05) is 18.3 Å². The molecular formula is C9H13N2. The van der Waals surface area contributed by atoms with Gasteiger partial charge in [0, 0.05) is 18.9 Å². The molecule has 2 heteroatoms. The Kier molecular flexibility index (Phi) is 2.90. The summed E-state index contributed by atoms with van der Waals surface area (Å²) >= 11 is 0. The number of nitrogens with one attached hydrogen (secondary N) is 1. The van der Waals surface area contributed by atoms with E-state index in [0.29, 0.717) is 5.92 Å². The van der Waals surface area contributed by atoms with Crippen LogP contribution in [0.1, 0.15) is 6.92 Å². The molecule has 1 aromatic rings. The van der Waals surface area contributed by atoms with Crippen LogP contribution < -0.4 is 5.32 Å². The molecule has 1 atom stereocenters. The number of aromatic nitrogens is 1. The number of pyridine rings is 1. The summed E-state index contributed by atoms with van der Waals surface area (Å²) in [5.41, 5.74) is 1.06. The summed E-state index contributed by atoms with van der Waals surface area (Å²) in [4.78, 5) is 3.98. The second-order valence-corrected chi connectivity index (χ2v) is 2.73. The van der Waals surface area contributed by atoms with Crippen molar-refractivity contribution < 1.29 is 0 Å². The molecule has 0 aliphatic rings. The SMILES string of the molecule is [CH2]C(C)CNc1cccnc1. The highest BCUT2D eigenvalue weighted by Gasteiger charge is 1.92. The van der Waals surface area contributed by atoms with Gasteiger partial charge in [0.25, 0.3) is 0 Å². The average molecular weight is 149 g/mol. The maximum Gasteiger partial charge on any atom is 0.0526 e. The monoisotopic (exact) mass is 149 g/mol. The Morgan fingerprint density at radius 3 is 3.09 bits per heavy atom. The van der Waals surface area contributed by atoms with Crippen molar-refractivity contribution >= 4 is 5.69 Å². The minimum absolute atomic E-state index is 0.426. The Bertz CT molecular complexity index is 194. The van der Waals surface area contributed by atoms with Gasteiger partial charge in [0.05, 0.1) is 5.69 Å². The van der Waals surface area contributed by atoms with Gasteiger partial charge in [-0.1, -0.05) is 6.92 Å². The van der Waals surface area contributed by atoms with E-state index in [2.05, 4.69) is 24.1 Å². The Balaban J connectivity index is 2.39. The van der Waals surface area contributed by atoms with Crippen molar-refractivity contribution in [2.45, 2.75) is 6.92 Å². The Morgan fingerprint density at radius 1 is 1.73 bits per heavy atom. The molecule has 1 radical (unpaired) electrons. The number of hydrogen-bond acceptors (Lipinski definition) is 2. The van der Waals surface area contributed by atoms with Crippen LogP contribution in [-0.4, -0.2) is 11.5 Å². The predicted octanol–water partition coefficient (Wildman–Crippen LogP) is 1.96. The van der Waals surface area contributed by atoms with Gasteiger partial charge in [0.1, 0.15) is 0 Å². The van der Waals surface area contributed by atoms with E-state index >= 15 is 0 Å². The van der Waals surface area contributed by atoms with Gasteiger partial charge < -0.3 is 5.32 Å². The molecule has 0 fully saturated rings. The lowest BCUT2D eigenvalue weighted by molar-refractivity contribution is 0.766. The maximum absolute atomic E-state index is 3.98. The molecule has 11 heavy (non-hydrogen) atoms. The minimum atomic E-state index is 0.426. The van der Waals surface area contributed by atoms with Gasteiger partial charge in [-0.2, -0.15) is 0 Å². The lowest BCUT2D eigenvalue weighted by Crippen LogP contribution is -2.07. The van der Waals surface area contributed by atoms with Crippen molar-refractivity contribution in [3.05, 3.63) is 31.5 Å². The zero-order chi connectivity index (χ0) is 8.10. The molecule has 0 spiro atoms. The molecule has 1 heterocycles. The molecule has 1 unspecified atom stereocenters. The van der Waals surface area contributed by atoms with Crippen LogP contribution in [0.3, 0.4) is 0 Å². The fourth-order valence-corrected chi connectivity index (χ4v) is 0.759. The van der Waals surface area contributed by atoms with Crippen LogP contribution in [0.2, 0.25) is 0 Å². The molecule has 2 nitrogen and oxygen atoms in total. The Labute approximate surface area is 67.7 Å². The van der Waals surface area contributed by atoms with E-state index in [4.69, 9.17) is 0 Å².